The lowest BCUT2D eigenvalue weighted by atomic mass is 9.87. The molecule has 0 fully saturated rings. The highest BCUT2D eigenvalue weighted by molar-refractivity contribution is 5.32. The minimum absolute atomic E-state index is 0.180. The van der Waals surface area contributed by atoms with Crippen LogP contribution in [0.4, 0.5) is 0 Å². The molecule has 0 aliphatic carbocycles. The van der Waals surface area contributed by atoms with Gasteiger partial charge in [0, 0.05) is 12.6 Å². The monoisotopic (exact) mass is 260 g/mol. The van der Waals surface area contributed by atoms with Crippen LogP contribution in [0.2, 0.25) is 0 Å². The fraction of sp³-hybridized carbons (Fsp3) is 0.562. The van der Waals surface area contributed by atoms with Gasteiger partial charge in [0.15, 0.2) is 0 Å². The predicted molar refractivity (Wildman–Crippen MR) is 77.7 cm³/mol. The smallest absolute Gasteiger partial charge is 0.0991 e. The molecule has 2 atom stereocenters. The molecule has 0 saturated heterocycles. The lowest BCUT2D eigenvalue weighted by Crippen LogP contribution is -2.41. The standard InChI is InChI=1S/C16H24N2O/c1-12(16(2,3)4)18(5)11-15(19)14-8-6-13(10-17)7-9-14/h6-9,12,15,19H,11H2,1-5H3. The Kier molecular flexibility index (Phi) is 5.11. The maximum Gasteiger partial charge on any atom is 0.0991 e. The third-order valence-corrected chi connectivity index (χ3v) is 3.80. The average molecular weight is 260 g/mol. The second kappa shape index (κ2) is 6.18. The molecule has 0 aromatic heterocycles. The van der Waals surface area contributed by atoms with Crippen molar-refractivity contribution in [2.75, 3.05) is 13.6 Å². The number of nitrogens with zero attached hydrogens (tertiary/aromatic N) is 2. The molecule has 0 bridgehead atoms. The van der Waals surface area contributed by atoms with Crippen LogP contribution in [0.25, 0.3) is 0 Å². The van der Waals surface area contributed by atoms with E-state index >= 15 is 0 Å². The van der Waals surface area contributed by atoms with Gasteiger partial charge >= 0.3 is 0 Å². The number of benzene rings is 1. The highest BCUT2D eigenvalue weighted by Gasteiger charge is 2.25. The molecular weight excluding hydrogens is 236 g/mol. The van der Waals surface area contributed by atoms with Gasteiger partial charge in [0.05, 0.1) is 17.7 Å². The van der Waals surface area contributed by atoms with E-state index in [0.717, 1.165) is 5.56 Å². The van der Waals surface area contributed by atoms with Gasteiger partial charge in [0.2, 0.25) is 0 Å². The molecule has 0 saturated carbocycles. The zero-order valence-corrected chi connectivity index (χ0v) is 12.5. The minimum Gasteiger partial charge on any atom is -0.387 e. The van der Waals surface area contributed by atoms with Crippen molar-refractivity contribution in [3.63, 3.8) is 0 Å². The van der Waals surface area contributed by atoms with Crippen LogP contribution < -0.4 is 0 Å². The van der Waals surface area contributed by atoms with Crippen LogP contribution in [0.15, 0.2) is 24.3 Å². The molecule has 19 heavy (non-hydrogen) atoms. The first kappa shape index (κ1) is 15.7. The molecular formula is C16H24N2O. The number of likely N-dealkylation sites (N-methyl/N-ethyl adjacent to an activating group) is 1. The first-order valence-corrected chi connectivity index (χ1v) is 6.64. The Balaban J connectivity index is 2.68. The Labute approximate surface area is 116 Å². The van der Waals surface area contributed by atoms with Crippen molar-refractivity contribution in [3.05, 3.63) is 35.4 Å². The van der Waals surface area contributed by atoms with E-state index < -0.39 is 6.10 Å². The van der Waals surface area contributed by atoms with Crippen molar-refractivity contribution >= 4 is 0 Å². The molecule has 3 nitrogen and oxygen atoms in total. The summed E-state index contributed by atoms with van der Waals surface area (Å²) in [5.41, 5.74) is 1.65. The number of rotatable bonds is 4. The van der Waals surface area contributed by atoms with E-state index in [9.17, 15) is 5.11 Å². The zero-order valence-electron chi connectivity index (χ0n) is 12.5. The van der Waals surface area contributed by atoms with Gasteiger partial charge in [0.25, 0.3) is 0 Å². The molecule has 104 valence electrons. The van der Waals surface area contributed by atoms with Crippen LogP contribution in [-0.4, -0.2) is 29.6 Å². The third-order valence-electron chi connectivity index (χ3n) is 3.80. The van der Waals surface area contributed by atoms with E-state index in [4.69, 9.17) is 5.26 Å². The lowest BCUT2D eigenvalue weighted by molar-refractivity contribution is 0.0715. The van der Waals surface area contributed by atoms with Crippen LogP contribution >= 0.6 is 0 Å². The summed E-state index contributed by atoms with van der Waals surface area (Å²) in [6, 6.07) is 9.58. The number of nitriles is 1. The third kappa shape index (κ3) is 4.34. The molecule has 0 radical (unpaired) electrons. The molecule has 0 heterocycles. The fourth-order valence-electron chi connectivity index (χ4n) is 1.98. The maximum atomic E-state index is 10.2. The Bertz CT molecular complexity index is 439. The van der Waals surface area contributed by atoms with E-state index in [1.165, 1.54) is 0 Å². The average Bonchev–Trinajstić information content (AvgIpc) is 2.36. The van der Waals surface area contributed by atoms with Gasteiger partial charge < -0.3 is 10.0 Å². The van der Waals surface area contributed by atoms with Crippen LogP contribution in [-0.2, 0) is 0 Å². The molecule has 1 rings (SSSR count). The first-order chi connectivity index (χ1) is 8.75. The van der Waals surface area contributed by atoms with Crippen LogP contribution in [0, 0.1) is 16.7 Å². The molecule has 1 aromatic carbocycles. The summed E-state index contributed by atoms with van der Waals surface area (Å²) in [6.45, 7) is 9.35. The van der Waals surface area contributed by atoms with Crippen molar-refractivity contribution in [1.82, 2.24) is 4.90 Å². The number of aliphatic hydroxyl groups excluding tert-OH is 1. The normalized spacial score (nSPS) is 15.1. The Morgan fingerprint density at radius 1 is 1.26 bits per heavy atom. The lowest BCUT2D eigenvalue weighted by Gasteiger charge is -2.36. The molecule has 0 aliphatic rings. The highest BCUT2D eigenvalue weighted by Crippen LogP contribution is 2.25. The number of aliphatic hydroxyl groups is 1. The van der Waals surface area contributed by atoms with Crippen LogP contribution in [0.1, 0.15) is 44.9 Å². The topological polar surface area (TPSA) is 47.3 Å². The second-order valence-corrected chi connectivity index (χ2v) is 6.23. The van der Waals surface area contributed by atoms with E-state index in [1.54, 1.807) is 12.1 Å². The summed E-state index contributed by atoms with van der Waals surface area (Å²) in [4.78, 5) is 2.17. The first-order valence-electron chi connectivity index (χ1n) is 6.64. The summed E-state index contributed by atoms with van der Waals surface area (Å²) in [7, 11) is 2.03. The van der Waals surface area contributed by atoms with E-state index in [-0.39, 0.29) is 5.41 Å². The van der Waals surface area contributed by atoms with Gasteiger partial charge in [-0.1, -0.05) is 32.9 Å². The van der Waals surface area contributed by atoms with Crippen molar-refractivity contribution in [2.24, 2.45) is 5.41 Å². The second-order valence-electron chi connectivity index (χ2n) is 6.23. The SMILES string of the molecule is CC(N(C)CC(O)c1ccc(C#N)cc1)C(C)(C)C. The van der Waals surface area contributed by atoms with Gasteiger partial charge in [-0.25, -0.2) is 0 Å². The van der Waals surface area contributed by atoms with Gasteiger partial charge in [-0.2, -0.15) is 5.26 Å². The van der Waals surface area contributed by atoms with Crippen molar-refractivity contribution < 1.29 is 5.11 Å². The largest absolute Gasteiger partial charge is 0.387 e. The Hall–Kier alpha value is -1.37. The maximum absolute atomic E-state index is 10.2. The number of hydrogen-bond donors (Lipinski definition) is 1. The molecule has 0 amide bonds. The van der Waals surface area contributed by atoms with Crippen LogP contribution in [0.3, 0.4) is 0 Å². The van der Waals surface area contributed by atoms with Crippen molar-refractivity contribution in [3.8, 4) is 6.07 Å². The van der Waals surface area contributed by atoms with Crippen molar-refractivity contribution in [1.29, 1.82) is 5.26 Å². The van der Waals surface area contributed by atoms with Gasteiger partial charge in [-0.15, -0.1) is 0 Å². The highest BCUT2D eigenvalue weighted by atomic mass is 16.3. The quantitative estimate of drug-likeness (QED) is 0.905. The van der Waals surface area contributed by atoms with Crippen LogP contribution in [0.5, 0.6) is 0 Å². The summed E-state index contributed by atoms with van der Waals surface area (Å²) in [6.07, 6.45) is -0.525. The van der Waals surface area contributed by atoms with E-state index in [1.807, 2.05) is 19.2 Å². The van der Waals surface area contributed by atoms with Gasteiger partial charge in [-0.05, 0) is 37.1 Å². The summed E-state index contributed by atoms with van der Waals surface area (Å²) < 4.78 is 0. The summed E-state index contributed by atoms with van der Waals surface area (Å²) >= 11 is 0. The molecule has 0 spiro atoms. The minimum atomic E-state index is -0.525. The fourth-order valence-corrected chi connectivity index (χ4v) is 1.98. The van der Waals surface area contributed by atoms with E-state index in [0.29, 0.717) is 18.2 Å². The Morgan fingerprint density at radius 3 is 2.21 bits per heavy atom. The summed E-state index contributed by atoms with van der Waals surface area (Å²) in [5.74, 6) is 0. The number of hydrogen-bond acceptors (Lipinski definition) is 3. The van der Waals surface area contributed by atoms with Crippen molar-refractivity contribution in [2.45, 2.75) is 39.8 Å². The van der Waals surface area contributed by atoms with Gasteiger partial charge in [-0.3, -0.25) is 0 Å². The Morgan fingerprint density at radius 2 is 1.79 bits per heavy atom. The van der Waals surface area contributed by atoms with E-state index in [2.05, 4.69) is 38.7 Å². The zero-order chi connectivity index (χ0) is 14.6. The molecule has 1 N–H and O–H groups in total. The summed E-state index contributed by atoms with van der Waals surface area (Å²) in [5, 5.41) is 19.0. The molecule has 0 aliphatic heterocycles. The van der Waals surface area contributed by atoms with Gasteiger partial charge in [0.1, 0.15) is 0 Å². The molecule has 1 aromatic rings. The molecule has 2 unspecified atom stereocenters. The predicted octanol–water partition coefficient (Wildman–Crippen LogP) is 2.96. The molecule has 3 heteroatoms.